The normalized spacial score (nSPS) is 19.8. The van der Waals surface area contributed by atoms with Crippen LogP contribution >= 0.6 is 0 Å². The van der Waals surface area contributed by atoms with Crippen molar-refractivity contribution in [3.8, 4) is 6.07 Å². The van der Waals surface area contributed by atoms with Crippen molar-refractivity contribution in [1.82, 2.24) is 9.80 Å². The van der Waals surface area contributed by atoms with Gasteiger partial charge in [-0.15, -0.1) is 0 Å². The Labute approximate surface area is 136 Å². The maximum atomic E-state index is 14.1. The van der Waals surface area contributed by atoms with E-state index in [0.717, 1.165) is 17.0 Å². The lowest BCUT2D eigenvalue weighted by Crippen LogP contribution is -2.56. The lowest BCUT2D eigenvalue weighted by Gasteiger charge is -2.40. The number of amides is 1. The van der Waals surface area contributed by atoms with Gasteiger partial charge in [0.25, 0.3) is 0 Å². The maximum absolute atomic E-state index is 14.1. The van der Waals surface area contributed by atoms with E-state index in [2.05, 4.69) is 0 Å². The maximum Gasteiger partial charge on any atom is 0.407 e. The fraction of sp³-hybridized carbons (Fsp3) is 0.467. The minimum atomic E-state index is -1.34. The van der Waals surface area contributed by atoms with Crippen molar-refractivity contribution < 1.29 is 28.9 Å². The summed E-state index contributed by atoms with van der Waals surface area (Å²) in [5.41, 5.74) is -0.980. The second-order valence-electron chi connectivity index (χ2n) is 5.51. The summed E-state index contributed by atoms with van der Waals surface area (Å²) in [5.74, 6) is -2.12. The third-order valence-electron chi connectivity index (χ3n) is 4.09. The van der Waals surface area contributed by atoms with E-state index < -0.39 is 35.4 Å². The zero-order chi connectivity index (χ0) is 17.9. The van der Waals surface area contributed by atoms with Crippen molar-refractivity contribution in [3.63, 3.8) is 0 Å². The molecule has 1 fully saturated rings. The number of hydrogen-bond acceptors (Lipinski definition) is 5. The third kappa shape index (κ3) is 3.62. The van der Waals surface area contributed by atoms with Crippen LogP contribution < -0.4 is 0 Å². The van der Waals surface area contributed by atoms with Crippen LogP contribution in [0.2, 0.25) is 0 Å². The number of benzene rings is 1. The average Bonchev–Trinajstić information content (AvgIpc) is 2.55. The van der Waals surface area contributed by atoms with Gasteiger partial charge in [0.05, 0.1) is 18.8 Å². The van der Waals surface area contributed by atoms with Crippen LogP contribution in [0.15, 0.2) is 12.1 Å². The number of hydrogen-bond donors (Lipinski definition) is 3. The van der Waals surface area contributed by atoms with E-state index in [1.807, 2.05) is 0 Å². The lowest BCUT2D eigenvalue weighted by atomic mass is 10.0. The standard InChI is InChI=1S/C15H17F2N3O4/c16-12-2-1-10(14(17)11(12)5-18)13(22)7-19-3-4-20(15(23)24)6-9(19)8-21/h1-2,9,13,21-22H,3-4,6-8H2,(H,23,24). The van der Waals surface area contributed by atoms with Gasteiger partial charge in [-0.2, -0.15) is 5.26 Å². The van der Waals surface area contributed by atoms with Gasteiger partial charge in [-0.1, -0.05) is 6.07 Å². The van der Waals surface area contributed by atoms with Crippen LogP contribution in [0, 0.1) is 23.0 Å². The molecule has 0 aromatic heterocycles. The molecule has 3 N–H and O–H groups in total. The number of aliphatic hydroxyl groups is 2. The third-order valence-corrected chi connectivity index (χ3v) is 4.09. The van der Waals surface area contributed by atoms with Gasteiger partial charge < -0.3 is 20.2 Å². The first-order chi connectivity index (χ1) is 11.4. The molecule has 9 heteroatoms. The molecular formula is C15H17F2N3O4. The number of aliphatic hydroxyl groups excluding tert-OH is 2. The summed E-state index contributed by atoms with van der Waals surface area (Å²) in [6.07, 6.45) is -2.44. The zero-order valence-electron chi connectivity index (χ0n) is 12.7. The average molecular weight is 341 g/mol. The van der Waals surface area contributed by atoms with Crippen LogP contribution in [-0.2, 0) is 0 Å². The highest BCUT2D eigenvalue weighted by atomic mass is 19.1. The predicted molar refractivity (Wildman–Crippen MR) is 78.1 cm³/mol. The van der Waals surface area contributed by atoms with Crippen LogP contribution in [-0.4, -0.2) is 70.0 Å². The van der Waals surface area contributed by atoms with Gasteiger partial charge >= 0.3 is 6.09 Å². The smallest absolute Gasteiger partial charge is 0.407 e. The summed E-state index contributed by atoms with van der Waals surface area (Å²) in [6.45, 7) is 0.0995. The van der Waals surface area contributed by atoms with E-state index in [0.29, 0.717) is 0 Å². The van der Waals surface area contributed by atoms with Crippen LogP contribution in [0.5, 0.6) is 0 Å². The highest BCUT2D eigenvalue weighted by Crippen LogP contribution is 2.24. The van der Waals surface area contributed by atoms with E-state index in [1.54, 1.807) is 4.90 Å². The number of halogens is 2. The Kier molecular flexibility index (Phi) is 5.66. The van der Waals surface area contributed by atoms with Crippen molar-refractivity contribution in [2.24, 2.45) is 0 Å². The topological polar surface area (TPSA) is 108 Å². The van der Waals surface area contributed by atoms with Gasteiger partial charge in [-0.25, -0.2) is 13.6 Å². The molecule has 0 spiro atoms. The number of piperazine rings is 1. The van der Waals surface area contributed by atoms with Crippen molar-refractivity contribution in [2.75, 3.05) is 32.8 Å². The molecule has 1 aliphatic rings. The molecular weight excluding hydrogens is 324 g/mol. The molecule has 2 atom stereocenters. The molecule has 1 saturated heterocycles. The van der Waals surface area contributed by atoms with Crippen LogP contribution in [0.3, 0.4) is 0 Å². The molecule has 1 aromatic rings. The van der Waals surface area contributed by atoms with Crippen molar-refractivity contribution in [1.29, 1.82) is 5.26 Å². The van der Waals surface area contributed by atoms with Gasteiger partial charge in [0.1, 0.15) is 23.3 Å². The minimum absolute atomic E-state index is 0.0634. The molecule has 1 amide bonds. The highest BCUT2D eigenvalue weighted by molar-refractivity contribution is 5.65. The van der Waals surface area contributed by atoms with Crippen molar-refractivity contribution in [3.05, 3.63) is 34.9 Å². The number of nitrogens with zero attached hydrogens (tertiary/aromatic N) is 3. The monoisotopic (exact) mass is 341 g/mol. The van der Waals surface area contributed by atoms with E-state index in [9.17, 15) is 23.8 Å². The number of carboxylic acid groups (broad SMARTS) is 1. The molecule has 0 bridgehead atoms. The largest absolute Gasteiger partial charge is 0.465 e. The molecule has 2 rings (SSSR count). The first-order valence-electron chi connectivity index (χ1n) is 7.27. The predicted octanol–water partition coefficient (Wildman–Crippen LogP) is 0.526. The Bertz CT molecular complexity index is 665. The molecule has 0 aliphatic carbocycles. The Morgan fingerprint density at radius 1 is 1.42 bits per heavy atom. The number of β-amino-alcohol motifs (C(OH)–C–C–N with tert-alkyl or cyclic N) is 1. The molecule has 7 nitrogen and oxygen atoms in total. The second-order valence-corrected chi connectivity index (χ2v) is 5.51. The Hall–Kier alpha value is -2.28. The van der Waals surface area contributed by atoms with Crippen LogP contribution in [0.4, 0.5) is 13.6 Å². The Morgan fingerprint density at radius 2 is 2.12 bits per heavy atom. The molecule has 130 valence electrons. The fourth-order valence-electron chi connectivity index (χ4n) is 2.73. The molecule has 1 heterocycles. The fourth-order valence-corrected chi connectivity index (χ4v) is 2.73. The summed E-state index contributed by atoms with van der Waals surface area (Å²) in [6, 6.07) is 2.85. The van der Waals surface area contributed by atoms with E-state index in [4.69, 9.17) is 10.4 Å². The van der Waals surface area contributed by atoms with E-state index >= 15 is 0 Å². The van der Waals surface area contributed by atoms with E-state index in [-0.39, 0.29) is 38.3 Å². The molecule has 0 saturated carbocycles. The number of rotatable bonds is 4. The number of carbonyl (C=O) groups is 1. The van der Waals surface area contributed by atoms with Crippen LogP contribution in [0.25, 0.3) is 0 Å². The zero-order valence-corrected chi connectivity index (χ0v) is 12.7. The SMILES string of the molecule is N#Cc1c(F)ccc(C(O)CN2CCN(C(=O)O)CC2CO)c1F. The van der Waals surface area contributed by atoms with Crippen LogP contribution in [0.1, 0.15) is 17.2 Å². The Balaban J connectivity index is 2.14. The minimum Gasteiger partial charge on any atom is -0.465 e. The van der Waals surface area contributed by atoms with Gasteiger partial charge in [0, 0.05) is 31.7 Å². The van der Waals surface area contributed by atoms with Gasteiger partial charge in [-0.3, -0.25) is 4.90 Å². The van der Waals surface area contributed by atoms with Crippen molar-refractivity contribution in [2.45, 2.75) is 12.1 Å². The molecule has 24 heavy (non-hydrogen) atoms. The molecule has 1 aliphatic heterocycles. The van der Waals surface area contributed by atoms with Gasteiger partial charge in [0.2, 0.25) is 0 Å². The lowest BCUT2D eigenvalue weighted by molar-refractivity contribution is 0.0123. The van der Waals surface area contributed by atoms with Gasteiger partial charge in [-0.05, 0) is 6.07 Å². The summed E-state index contributed by atoms with van der Waals surface area (Å²) in [5, 5.41) is 37.4. The first kappa shape index (κ1) is 18.1. The molecule has 1 aromatic carbocycles. The second kappa shape index (κ2) is 7.53. The first-order valence-corrected chi connectivity index (χ1v) is 7.27. The summed E-state index contributed by atoms with van der Waals surface area (Å²) < 4.78 is 27.4. The van der Waals surface area contributed by atoms with Crippen molar-refractivity contribution >= 4 is 6.09 Å². The molecule has 0 radical (unpaired) electrons. The highest BCUT2D eigenvalue weighted by Gasteiger charge is 2.31. The number of nitriles is 1. The summed E-state index contributed by atoms with van der Waals surface area (Å²) in [4.78, 5) is 13.8. The van der Waals surface area contributed by atoms with E-state index in [1.165, 1.54) is 6.07 Å². The quantitative estimate of drug-likeness (QED) is 0.737. The Morgan fingerprint density at radius 3 is 2.71 bits per heavy atom. The van der Waals surface area contributed by atoms with Gasteiger partial charge in [0.15, 0.2) is 0 Å². The summed E-state index contributed by atoms with van der Waals surface area (Å²) >= 11 is 0. The molecule has 2 unspecified atom stereocenters. The summed E-state index contributed by atoms with van der Waals surface area (Å²) in [7, 11) is 0.